The molecule has 34 heavy (non-hydrogen) atoms. The van der Waals surface area contributed by atoms with Crippen LogP contribution in [0.5, 0.6) is 5.75 Å². The van der Waals surface area contributed by atoms with E-state index in [0.717, 1.165) is 22.6 Å². The Morgan fingerprint density at radius 3 is 2.68 bits per heavy atom. The number of esters is 1. The number of carbonyl (C=O) groups is 2. The van der Waals surface area contributed by atoms with Gasteiger partial charge in [0.25, 0.3) is 5.91 Å². The molecule has 1 amide bonds. The molecular weight excluding hydrogens is 434 g/mol. The molecule has 9 heteroatoms. The topological polar surface area (TPSA) is 91.0 Å². The van der Waals surface area contributed by atoms with Crippen LogP contribution in [0.15, 0.2) is 54.9 Å². The SMILES string of the molecule is CCOC(=O)c1nn(Cc2ccc(OC)cc2)c2c1CN(C(=O)c1cn3ccccc3n1)CC2. The number of rotatable bonds is 6. The normalized spacial score (nSPS) is 13.1. The van der Waals surface area contributed by atoms with E-state index in [2.05, 4.69) is 10.1 Å². The van der Waals surface area contributed by atoms with Gasteiger partial charge in [0, 0.05) is 36.6 Å². The molecule has 174 valence electrons. The number of amides is 1. The highest BCUT2D eigenvalue weighted by molar-refractivity contribution is 5.94. The molecule has 0 spiro atoms. The minimum atomic E-state index is -0.478. The third-order valence-corrected chi connectivity index (χ3v) is 5.96. The molecule has 0 fully saturated rings. The second-order valence-electron chi connectivity index (χ2n) is 8.07. The van der Waals surface area contributed by atoms with Crippen LogP contribution in [-0.4, -0.2) is 56.2 Å². The van der Waals surface area contributed by atoms with Gasteiger partial charge in [0.1, 0.15) is 17.1 Å². The molecular formula is C25H25N5O4. The maximum absolute atomic E-state index is 13.2. The standard InChI is InChI=1S/C25H25N5O4/c1-3-34-25(32)23-19-15-29(24(31)20-16-28-12-5-4-6-22(28)26-20)13-11-21(19)30(27-23)14-17-7-9-18(33-2)10-8-17/h4-10,12,16H,3,11,13-15H2,1-2H3. The first-order chi connectivity index (χ1) is 16.6. The second-order valence-corrected chi connectivity index (χ2v) is 8.07. The Bertz CT molecular complexity index is 1320. The Morgan fingerprint density at radius 2 is 1.94 bits per heavy atom. The average Bonchev–Trinajstić information content (AvgIpc) is 3.46. The number of nitrogens with zero attached hydrogens (tertiary/aromatic N) is 5. The van der Waals surface area contributed by atoms with Crippen LogP contribution in [0.25, 0.3) is 5.65 Å². The molecule has 1 aliphatic rings. The van der Waals surface area contributed by atoms with Crippen LogP contribution in [-0.2, 0) is 24.2 Å². The van der Waals surface area contributed by atoms with Crippen molar-refractivity contribution in [2.24, 2.45) is 0 Å². The monoisotopic (exact) mass is 459 g/mol. The molecule has 0 radical (unpaired) electrons. The van der Waals surface area contributed by atoms with Crippen LogP contribution in [0.3, 0.4) is 0 Å². The highest BCUT2D eigenvalue weighted by Gasteiger charge is 2.31. The number of aromatic nitrogens is 4. The third kappa shape index (κ3) is 4.00. The van der Waals surface area contributed by atoms with E-state index in [-0.39, 0.29) is 24.8 Å². The zero-order valence-electron chi connectivity index (χ0n) is 19.1. The van der Waals surface area contributed by atoms with Crippen molar-refractivity contribution in [2.45, 2.75) is 26.4 Å². The zero-order chi connectivity index (χ0) is 23.7. The van der Waals surface area contributed by atoms with Crippen molar-refractivity contribution in [3.8, 4) is 5.75 Å². The number of methoxy groups -OCH3 is 1. The number of hydrogen-bond donors (Lipinski definition) is 0. The summed E-state index contributed by atoms with van der Waals surface area (Å²) < 4.78 is 14.2. The highest BCUT2D eigenvalue weighted by Crippen LogP contribution is 2.26. The Kier molecular flexibility index (Phi) is 5.75. The largest absolute Gasteiger partial charge is 0.497 e. The predicted molar refractivity (Wildman–Crippen MR) is 124 cm³/mol. The number of hydrogen-bond acceptors (Lipinski definition) is 6. The number of ether oxygens (including phenoxy) is 2. The van der Waals surface area contributed by atoms with Gasteiger partial charge in [-0.15, -0.1) is 0 Å². The quantitative estimate of drug-likeness (QED) is 0.412. The Labute approximate surface area is 196 Å². The molecule has 0 aliphatic carbocycles. The summed E-state index contributed by atoms with van der Waals surface area (Å²) >= 11 is 0. The summed E-state index contributed by atoms with van der Waals surface area (Å²) in [6.07, 6.45) is 4.17. The van der Waals surface area contributed by atoms with Crippen LogP contribution in [0.4, 0.5) is 0 Å². The van der Waals surface area contributed by atoms with Gasteiger partial charge in [0.2, 0.25) is 0 Å². The van der Waals surface area contributed by atoms with E-state index in [0.29, 0.717) is 30.9 Å². The van der Waals surface area contributed by atoms with Crippen molar-refractivity contribution >= 4 is 17.5 Å². The predicted octanol–water partition coefficient (Wildman–Crippen LogP) is 2.96. The minimum Gasteiger partial charge on any atom is -0.497 e. The lowest BCUT2D eigenvalue weighted by Gasteiger charge is -2.27. The summed E-state index contributed by atoms with van der Waals surface area (Å²) in [7, 11) is 1.63. The van der Waals surface area contributed by atoms with E-state index in [1.807, 2.05) is 57.7 Å². The maximum Gasteiger partial charge on any atom is 0.359 e. The second kappa shape index (κ2) is 9.01. The molecule has 4 aromatic rings. The molecule has 0 saturated carbocycles. The molecule has 0 N–H and O–H groups in total. The van der Waals surface area contributed by atoms with Crippen molar-refractivity contribution in [1.82, 2.24) is 24.1 Å². The van der Waals surface area contributed by atoms with Crippen LogP contribution in [0.2, 0.25) is 0 Å². The van der Waals surface area contributed by atoms with Gasteiger partial charge < -0.3 is 18.8 Å². The van der Waals surface area contributed by atoms with Crippen molar-refractivity contribution < 1.29 is 19.1 Å². The Hall–Kier alpha value is -4.14. The summed E-state index contributed by atoms with van der Waals surface area (Å²) in [4.78, 5) is 32.1. The van der Waals surface area contributed by atoms with Gasteiger partial charge in [-0.1, -0.05) is 18.2 Å². The molecule has 0 saturated heterocycles. The van der Waals surface area contributed by atoms with Crippen LogP contribution >= 0.6 is 0 Å². The summed E-state index contributed by atoms with van der Waals surface area (Å²) in [5.41, 5.74) is 4.05. The molecule has 5 rings (SSSR count). The van der Waals surface area contributed by atoms with Crippen molar-refractivity contribution in [3.63, 3.8) is 0 Å². The van der Waals surface area contributed by atoms with Gasteiger partial charge in [0.15, 0.2) is 5.69 Å². The van der Waals surface area contributed by atoms with Gasteiger partial charge in [-0.25, -0.2) is 9.78 Å². The molecule has 3 aromatic heterocycles. The lowest BCUT2D eigenvalue weighted by molar-refractivity contribution is 0.0513. The van der Waals surface area contributed by atoms with Gasteiger partial charge >= 0.3 is 5.97 Å². The van der Waals surface area contributed by atoms with E-state index in [4.69, 9.17) is 9.47 Å². The number of carbonyl (C=O) groups excluding carboxylic acids is 2. The molecule has 0 unspecified atom stereocenters. The summed E-state index contributed by atoms with van der Waals surface area (Å²) in [5, 5.41) is 4.60. The van der Waals surface area contributed by atoms with Crippen molar-refractivity contribution in [1.29, 1.82) is 0 Å². The number of imidazole rings is 1. The summed E-state index contributed by atoms with van der Waals surface area (Å²) in [5.74, 6) is 0.126. The van der Waals surface area contributed by atoms with Crippen molar-refractivity contribution in [2.75, 3.05) is 20.3 Å². The smallest absolute Gasteiger partial charge is 0.359 e. The average molecular weight is 460 g/mol. The van der Waals surface area contributed by atoms with Crippen LogP contribution in [0, 0.1) is 0 Å². The summed E-state index contributed by atoms with van der Waals surface area (Å²) in [6, 6.07) is 13.4. The lowest BCUT2D eigenvalue weighted by atomic mass is 10.0. The van der Waals surface area contributed by atoms with E-state index < -0.39 is 5.97 Å². The molecule has 0 atom stereocenters. The van der Waals surface area contributed by atoms with Gasteiger partial charge in [-0.2, -0.15) is 5.10 Å². The number of benzene rings is 1. The highest BCUT2D eigenvalue weighted by atomic mass is 16.5. The van der Waals surface area contributed by atoms with Gasteiger partial charge in [-0.3, -0.25) is 9.48 Å². The fourth-order valence-corrected chi connectivity index (χ4v) is 4.26. The lowest BCUT2D eigenvalue weighted by Crippen LogP contribution is -2.37. The maximum atomic E-state index is 13.2. The van der Waals surface area contributed by atoms with Crippen LogP contribution < -0.4 is 4.74 Å². The first-order valence-electron chi connectivity index (χ1n) is 11.2. The molecule has 1 aliphatic heterocycles. The number of pyridine rings is 1. The molecule has 1 aromatic carbocycles. The number of fused-ring (bicyclic) bond motifs is 2. The van der Waals surface area contributed by atoms with Crippen molar-refractivity contribution in [3.05, 3.63) is 83.1 Å². The fourth-order valence-electron chi connectivity index (χ4n) is 4.26. The Balaban J connectivity index is 1.44. The molecule has 0 bridgehead atoms. The molecule has 9 nitrogen and oxygen atoms in total. The zero-order valence-corrected chi connectivity index (χ0v) is 19.1. The third-order valence-electron chi connectivity index (χ3n) is 5.96. The fraction of sp³-hybridized carbons (Fsp3) is 0.280. The van der Waals surface area contributed by atoms with E-state index in [1.54, 1.807) is 25.1 Å². The van der Waals surface area contributed by atoms with E-state index >= 15 is 0 Å². The van der Waals surface area contributed by atoms with Gasteiger partial charge in [0.05, 0.1) is 26.8 Å². The van der Waals surface area contributed by atoms with E-state index in [9.17, 15) is 9.59 Å². The van der Waals surface area contributed by atoms with Gasteiger partial charge in [-0.05, 0) is 36.8 Å². The summed E-state index contributed by atoms with van der Waals surface area (Å²) in [6.45, 7) is 3.31. The first-order valence-corrected chi connectivity index (χ1v) is 11.2. The van der Waals surface area contributed by atoms with E-state index in [1.165, 1.54) is 0 Å². The molecule has 4 heterocycles. The van der Waals surface area contributed by atoms with Crippen LogP contribution in [0.1, 0.15) is 44.7 Å². The minimum absolute atomic E-state index is 0.174. The first kappa shape index (κ1) is 21.7. The Morgan fingerprint density at radius 1 is 1.12 bits per heavy atom.